The number of rotatable bonds is 3. The fourth-order valence-corrected chi connectivity index (χ4v) is 1.32. The molecule has 0 spiro atoms. The fraction of sp³-hybridized carbons (Fsp3) is 0.364. The molecule has 0 radical (unpaired) electrons. The molecule has 0 amide bonds. The van der Waals surface area contributed by atoms with Gasteiger partial charge in [0.25, 0.3) is 3.79 Å². The van der Waals surface area contributed by atoms with Crippen molar-refractivity contribution >= 4 is 46.4 Å². The Labute approximate surface area is 120 Å². The highest BCUT2D eigenvalue weighted by Crippen LogP contribution is 2.30. The average Bonchev–Trinajstić information content (AvgIpc) is 2.79. The molecule has 4 nitrogen and oxygen atoms in total. The molecular formula is C11H11Cl3N2O2. The number of carbonyl (C=O) groups is 2. The monoisotopic (exact) mass is 308 g/mol. The second-order valence-electron chi connectivity index (χ2n) is 2.89. The number of nitrogens with zero attached hydrogens (tertiary/aromatic N) is 1. The normalized spacial score (nSPS) is 10.0. The summed E-state index contributed by atoms with van der Waals surface area (Å²) in [5, 5.41) is 8.33. The number of nitrogens with one attached hydrogen (secondary N) is 1. The SMILES string of the molecule is CC.N#CCC(=O)c1c[nH]c(C(=O)C(Cl)(Cl)Cl)c1. The van der Waals surface area contributed by atoms with Crippen LogP contribution in [0.5, 0.6) is 0 Å². The molecule has 0 aliphatic carbocycles. The van der Waals surface area contributed by atoms with E-state index in [2.05, 4.69) is 4.98 Å². The number of carbonyl (C=O) groups excluding carboxylic acids is 2. The first-order chi connectivity index (χ1) is 8.36. The number of ketones is 2. The van der Waals surface area contributed by atoms with Crippen LogP contribution in [0.4, 0.5) is 0 Å². The minimum absolute atomic E-state index is 0.0151. The zero-order chi connectivity index (χ0) is 14.3. The van der Waals surface area contributed by atoms with Crippen molar-refractivity contribution in [2.45, 2.75) is 24.1 Å². The molecule has 0 saturated heterocycles. The van der Waals surface area contributed by atoms with Crippen molar-refractivity contribution in [1.82, 2.24) is 4.98 Å². The number of aromatic amines is 1. The van der Waals surface area contributed by atoms with Gasteiger partial charge in [0, 0.05) is 11.8 Å². The molecule has 7 heteroatoms. The number of halogens is 3. The summed E-state index contributed by atoms with van der Waals surface area (Å²) < 4.78 is -2.07. The smallest absolute Gasteiger partial charge is 0.254 e. The molecule has 0 unspecified atom stereocenters. The Kier molecular flexibility index (Phi) is 7.00. The van der Waals surface area contributed by atoms with E-state index >= 15 is 0 Å². The van der Waals surface area contributed by atoms with Crippen LogP contribution in [-0.4, -0.2) is 20.3 Å². The lowest BCUT2D eigenvalue weighted by atomic mass is 10.1. The fourth-order valence-electron chi connectivity index (χ4n) is 1.01. The van der Waals surface area contributed by atoms with Crippen molar-refractivity contribution < 1.29 is 9.59 Å². The molecule has 98 valence electrons. The van der Waals surface area contributed by atoms with E-state index in [4.69, 9.17) is 40.1 Å². The average molecular weight is 310 g/mol. The van der Waals surface area contributed by atoms with Gasteiger partial charge in [0.2, 0.25) is 5.78 Å². The first-order valence-corrected chi connectivity index (χ1v) is 6.19. The van der Waals surface area contributed by atoms with Crippen LogP contribution in [-0.2, 0) is 0 Å². The van der Waals surface area contributed by atoms with Crippen molar-refractivity contribution in [1.29, 1.82) is 5.26 Å². The van der Waals surface area contributed by atoms with Gasteiger partial charge >= 0.3 is 0 Å². The van der Waals surface area contributed by atoms with Crippen LogP contribution in [0.3, 0.4) is 0 Å². The molecule has 0 aliphatic rings. The summed E-state index contributed by atoms with van der Waals surface area (Å²) in [4.78, 5) is 25.3. The number of Topliss-reactive ketones (excluding diaryl/α,β-unsaturated/α-hetero) is 2. The largest absolute Gasteiger partial charge is 0.358 e. The van der Waals surface area contributed by atoms with Crippen LogP contribution in [0.1, 0.15) is 41.1 Å². The molecule has 1 heterocycles. The van der Waals surface area contributed by atoms with Crippen LogP contribution in [0.25, 0.3) is 0 Å². The first kappa shape index (κ1) is 17.0. The van der Waals surface area contributed by atoms with Crippen molar-refractivity contribution in [3.05, 3.63) is 23.5 Å². The van der Waals surface area contributed by atoms with Gasteiger partial charge in [0.05, 0.1) is 18.2 Å². The van der Waals surface area contributed by atoms with Gasteiger partial charge in [-0.15, -0.1) is 0 Å². The van der Waals surface area contributed by atoms with E-state index in [1.165, 1.54) is 12.3 Å². The second kappa shape index (κ2) is 7.42. The second-order valence-corrected chi connectivity index (χ2v) is 5.17. The molecule has 0 bridgehead atoms. The number of hydrogen-bond donors (Lipinski definition) is 1. The molecule has 0 atom stereocenters. The highest BCUT2D eigenvalue weighted by molar-refractivity contribution is 6.77. The Balaban J connectivity index is 0.00000137. The van der Waals surface area contributed by atoms with E-state index in [1.807, 2.05) is 13.8 Å². The van der Waals surface area contributed by atoms with Gasteiger partial charge in [-0.2, -0.15) is 5.26 Å². The summed E-state index contributed by atoms with van der Waals surface area (Å²) in [5.74, 6) is -1.16. The molecule has 0 aromatic carbocycles. The first-order valence-electron chi connectivity index (χ1n) is 5.06. The standard InChI is InChI=1S/C9H5Cl3N2O2.C2H6/c10-9(11,12)8(16)6-3-5(4-14-6)7(15)1-2-13;1-2/h3-4,14H,1H2;1-2H3. The molecule has 0 saturated carbocycles. The molecule has 0 fully saturated rings. The van der Waals surface area contributed by atoms with Crippen molar-refractivity contribution in [3.63, 3.8) is 0 Å². The van der Waals surface area contributed by atoms with Crippen LogP contribution in [0, 0.1) is 11.3 Å². The van der Waals surface area contributed by atoms with Gasteiger partial charge < -0.3 is 4.98 Å². The minimum atomic E-state index is -2.07. The molecular weight excluding hydrogens is 298 g/mol. The summed E-state index contributed by atoms with van der Waals surface area (Å²) in [7, 11) is 0. The number of hydrogen-bond acceptors (Lipinski definition) is 3. The molecule has 1 aromatic heterocycles. The molecule has 18 heavy (non-hydrogen) atoms. The maximum Gasteiger partial charge on any atom is 0.254 e. The van der Waals surface area contributed by atoms with E-state index in [1.54, 1.807) is 6.07 Å². The molecule has 0 aliphatic heterocycles. The highest BCUT2D eigenvalue weighted by atomic mass is 35.6. The summed E-state index contributed by atoms with van der Waals surface area (Å²) >= 11 is 16.2. The van der Waals surface area contributed by atoms with Gasteiger partial charge in [0.1, 0.15) is 0 Å². The third kappa shape index (κ3) is 4.69. The number of aromatic nitrogens is 1. The summed E-state index contributed by atoms with van der Waals surface area (Å²) in [6.07, 6.45) is 1.03. The third-order valence-corrected chi connectivity index (χ3v) is 2.26. The topological polar surface area (TPSA) is 73.7 Å². The van der Waals surface area contributed by atoms with E-state index in [9.17, 15) is 9.59 Å². The predicted molar refractivity (Wildman–Crippen MR) is 71.3 cm³/mol. The van der Waals surface area contributed by atoms with E-state index in [0.29, 0.717) is 0 Å². The van der Waals surface area contributed by atoms with Gasteiger partial charge in [-0.25, -0.2) is 0 Å². The van der Waals surface area contributed by atoms with Gasteiger partial charge in [-0.3, -0.25) is 9.59 Å². The van der Waals surface area contributed by atoms with Gasteiger partial charge in [-0.05, 0) is 6.07 Å². The number of alkyl halides is 3. The van der Waals surface area contributed by atoms with Gasteiger partial charge in [0.15, 0.2) is 5.78 Å². The molecule has 1 N–H and O–H groups in total. The summed E-state index contributed by atoms with van der Waals surface area (Å²) in [6, 6.07) is 2.96. The van der Waals surface area contributed by atoms with Crippen LogP contribution < -0.4 is 0 Å². The zero-order valence-corrected chi connectivity index (χ0v) is 12.0. The van der Waals surface area contributed by atoms with Crippen LogP contribution in [0.2, 0.25) is 0 Å². The van der Waals surface area contributed by atoms with E-state index in [0.717, 1.165) is 0 Å². The quantitative estimate of drug-likeness (QED) is 0.683. The third-order valence-electron chi connectivity index (χ3n) is 1.75. The summed E-state index contributed by atoms with van der Waals surface area (Å²) in [6.45, 7) is 4.00. The zero-order valence-electron chi connectivity index (χ0n) is 9.76. The number of H-pyrrole nitrogens is 1. The number of nitriles is 1. The Morgan fingerprint density at radius 1 is 1.39 bits per heavy atom. The maximum absolute atomic E-state index is 11.5. The van der Waals surface area contributed by atoms with E-state index < -0.39 is 15.4 Å². The predicted octanol–water partition coefficient (Wildman–Crippen LogP) is 3.69. The van der Waals surface area contributed by atoms with Crippen LogP contribution >= 0.6 is 34.8 Å². The summed E-state index contributed by atoms with van der Waals surface area (Å²) in [5.41, 5.74) is 0.223. The maximum atomic E-state index is 11.5. The lowest BCUT2D eigenvalue weighted by molar-refractivity contribution is 0.0990. The minimum Gasteiger partial charge on any atom is -0.358 e. The van der Waals surface area contributed by atoms with E-state index in [-0.39, 0.29) is 17.7 Å². The van der Waals surface area contributed by atoms with Crippen molar-refractivity contribution in [3.8, 4) is 6.07 Å². The molecule has 1 rings (SSSR count). The highest BCUT2D eigenvalue weighted by Gasteiger charge is 2.32. The van der Waals surface area contributed by atoms with Crippen LogP contribution in [0.15, 0.2) is 12.3 Å². The van der Waals surface area contributed by atoms with Crippen molar-refractivity contribution in [2.75, 3.05) is 0 Å². The molecule has 1 aromatic rings. The Morgan fingerprint density at radius 3 is 2.39 bits per heavy atom. The Morgan fingerprint density at radius 2 is 1.94 bits per heavy atom. The van der Waals surface area contributed by atoms with Gasteiger partial charge in [-0.1, -0.05) is 48.7 Å². The Bertz CT molecular complexity index is 469. The van der Waals surface area contributed by atoms with Crippen molar-refractivity contribution in [2.24, 2.45) is 0 Å². The Hall–Kier alpha value is -1.02. The lowest BCUT2D eigenvalue weighted by Crippen LogP contribution is -2.19. The lowest BCUT2D eigenvalue weighted by Gasteiger charge is -2.06.